The maximum atomic E-state index is 12.0. The summed E-state index contributed by atoms with van der Waals surface area (Å²) in [5, 5.41) is 1.51. The minimum atomic E-state index is -0.202. The molecule has 0 spiro atoms. The van der Waals surface area contributed by atoms with E-state index < -0.39 is 0 Å². The van der Waals surface area contributed by atoms with Crippen LogP contribution in [0.2, 0.25) is 0 Å². The summed E-state index contributed by atoms with van der Waals surface area (Å²) in [7, 11) is 7.87. The van der Waals surface area contributed by atoms with Gasteiger partial charge in [0.15, 0.2) is 0 Å². The molecule has 166 valence electrons. The smallest absolute Gasteiger partial charge is 0.311 e. The molecule has 2 aliphatic heterocycles. The van der Waals surface area contributed by atoms with Gasteiger partial charge in [-0.15, -0.1) is 0 Å². The van der Waals surface area contributed by atoms with Crippen molar-refractivity contribution < 1.29 is 19.1 Å². The summed E-state index contributed by atoms with van der Waals surface area (Å²) in [6.07, 6.45) is 9.71. The quantitative estimate of drug-likeness (QED) is 0.136. The van der Waals surface area contributed by atoms with Gasteiger partial charge in [-0.1, -0.05) is 56.0 Å². The van der Waals surface area contributed by atoms with Crippen LogP contribution in [0.15, 0.2) is 24.3 Å². The lowest BCUT2D eigenvalue weighted by Crippen LogP contribution is -2.09. The average Bonchev–Trinajstić information content (AvgIpc) is 3.44. The second kappa shape index (κ2) is 13.9. The SMILES string of the molecule is O=C(CCCCC1CCSS1)Oc1ccc(OC(=O)CCCCC2CCSS2)cc1. The molecule has 2 atom stereocenters. The molecule has 2 saturated heterocycles. The predicted molar refractivity (Wildman–Crippen MR) is 132 cm³/mol. The van der Waals surface area contributed by atoms with Crippen LogP contribution in [0, 0.1) is 0 Å². The zero-order chi connectivity index (χ0) is 21.0. The Hall–Kier alpha value is -0.440. The van der Waals surface area contributed by atoms with Crippen molar-refractivity contribution in [1.29, 1.82) is 0 Å². The molecule has 4 nitrogen and oxygen atoms in total. The number of ether oxygens (including phenoxy) is 2. The summed E-state index contributed by atoms with van der Waals surface area (Å²) in [6.45, 7) is 0. The van der Waals surface area contributed by atoms with Crippen LogP contribution in [-0.4, -0.2) is 33.9 Å². The van der Waals surface area contributed by atoms with Gasteiger partial charge in [0.05, 0.1) is 0 Å². The van der Waals surface area contributed by atoms with Crippen LogP contribution >= 0.6 is 43.2 Å². The second-order valence-corrected chi connectivity index (χ2v) is 13.1. The summed E-state index contributed by atoms with van der Waals surface area (Å²) in [6, 6.07) is 6.73. The Labute approximate surface area is 195 Å². The molecule has 0 aromatic heterocycles. The van der Waals surface area contributed by atoms with Gasteiger partial charge in [-0.25, -0.2) is 0 Å². The minimum Gasteiger partial charge on any atom is -0.427 e. The fourth-order valence-electron chi connectivity index (χ4n) is 3.35. The largest absolute Gasteiger partial charge is 0.427 e. The van der Waals surface area contributed by atoms with E-state index in [1.165, 1.54) is 37.2 Å². The Morgan fingerprint density at radius 1 is 0.733 bits per heavy atom. The molecule has 2 unspecified atom stereocenters. The van der Waals surface area contributed by atoms with E-state index in [1.54, 1.807) is 24.3 Å². The number of esters is 2. The lowest BCUT2D eigenvalue weighted by Gasteiger charge is -2.08. The fraction of sp³-hybridized carbons (Fsp3) is 0.636. The molecular formula is C22H30O4S4. The first kappa shape index (κ1) is 24.2. The Morgan fingerprint density at radius 3 is 1.53 bits per heavy atom. The van der Waals surface area contributed by atoms with Crippen molar-refractivity contribution in [3.05, 3.63) is 24.3 Å². The molecule has 0 aliphatic carbocycles. The summed E-state index contributed by atoms with van der Waals surface area (Å²) in [5.41, 5.74) is 0. The van der Waals surface area contributed by atoms with Crippen LogP contribution in [-0.2, 0) is 9.59 Å². The molecule has 1 aromatic carbocycles. The Morgan fingerprint density at radius 2 is 1.17 bits per heavy atom. The Balaban J connectivity index is 1.26. The van der Waals surface area contributed by atoms with Gasteiger partial charge in [0.2, 0.25) is 0 Å². The van der Waals surface area contributed by atoms with E-state index >= 15 is 0 Å². The zero-order valence-corrected chi connectivity index (χ0v) is 20.5. The van der Waals surface area contributed by atoms with E-state index in [4.69, 9.17) is 9.47 Å². The highest BCUT2D eigenvalue weighted by atomic mass is 33.1. The van der Waals surface area contributed by atoms with Crippen LogP contribution < -0.4 is 9.47 Å². The van der Waals surface area contributed by atoms with E-state index in [0.29, 0.717) is 24.3 Å². The van der Waals surface area contributed by atoms with Gasteiger partial charge in [0.25, 0.3) is 0 Å². The number of benzene rings is 1. The maximum absolute atomic E-state index is 12.0. The van der Waals surface area contributed by atoms with Gasteiger partial charge >= 0.3 is 11.9 Å². The van der Waals surface area contributed by atoms with Gasteiger partial charge in [0.1, 0.15) is 11.5 Å². The predicted octanol–water partition coefficient (Wildman–Crippen LogP) is 6.93. The van der Waals surface area contributed by atoms with Crippen LogP contribution in [0.25, 0.3) is 0 Å². The lowest BCUT2D eigenvalue weighted by atomic mass is 10.1. The zero-order valence-electron chi connectivity index (χ0n) is 17.2. The van der Waals surface area contributed by atoms with Crippen molar-refractivity contribution in [2.75, 3.05) is 11.5 Å². The van der Waals surface area contributed by atoms with Crippen molar-refractivity contribution in [1.82, 2.24) is 0 Å². The van der Waals surface area contributed by atoms with E-state index in [-0.39, 0.29) is 11.9 Å². The first-order valence-electron chi connectivity index (χ1n) is 10.8. The summed E-state index contributed by atoms with van der Waals surface area (Å²) >= 11 is 0. The van der Waals surface area contributed by atoms with Crippen molar-refractivity contribution in [3.63, 3.8) is 0 Å². The van der Waals surface area contributed by atoms with Crippen LogP contribution in [0.5, 0.6) is 11.5 Å². The van der Waals surface area contributed by atoms with Gasteiger partial charge in [0, 0.05) is 34.8 Å². The average molecular weight is 487 g/mol. The summed E-state index contributed by atoms with van der Waals surface area (Å²) < 4.78 is 10.8. The van der Waals surface area contributed by atoms with Crippen molar-refractivity contribution in [2.24, 2.45) is 0 Å². The van der Waals surface area contributed by atoms with E-state index in [1.807, 2.05) is 43.2 Å². The lowest BCUT2D eigenvalue weighted by molar-refractivity contribution is -0.135. The van der Waals surface area contributed by atoms with Gasteiger partial charge < -0.3 is 9.47 Å². The topological polar surface area (TPSA) is 52.6 Å². The number of unbranched alkanes of at least 4 members (excludes halogenated alkanes) is 2. The number of carbonyl (C=O) groups is 2. The van der Waals surface area contributed by atoms with Crippen molar-refractivity contribution in [3.8, 4) is 11.5 Å². The standard InChI is InChI=1S/C22H30O4S4/c23-21(7-3-1-5-19-13-15-27-29-19)25-17-9-11-18(12-10-17)26-22(24)8-4-2-6-20-14-16-28-30-20/h9-12,19-20H,1-8,13-16H2. The van der Waals surface area contributed by atoms with E-state index in [0.717, 1.165) is 36.2 Å². The Bertz CT molecular complexity index is 599. The molecule has 2 fully saturated rings. The summed E-state index contributed by atoms with van der Waals surface area (Å²) in [5.74, 6) is 3.09. The summed E-state index contributed by atoms with van der Waals surface area (Å²) in [4.78, 5) is 24.0. The van der Waals surface area contributed by atoms with Crippen molar-refractivity contribution in [2.45, 2.75) is 74.7 Å². The van der Waals surface area contributed by atoms with Gasteiger partial charge in [-0.05, 0) is 62.8 Å². The monoisotopic (exact) mass is 486 g/mol. The molecule has 3 rings (SSSR count). The fourth-order valence-corrected chi connectivity index (χ4v) is 9.41. The second-order valence-electron chi connectivity index (χ2n) is 7.57. The highest BCUT2D eigenvalue weighted by molar-refractivity contribution is 8.77. The van der Waals surface area contributed by atoms with Crippen LogP contribution in [0.4, 0.5) is 0 Å². The molecule has 0 N–H and O–H groups in total. The molecule has 8 heteroatoms. The number of hydrogen-bond donors (Lipinski definition) is 0. The van der Waals surface area contributed by atoms with Crippen LogP contribution in [0.3, 0.4) is 0 Å². The molecule has 30 heavy (non-hydrogen) atoms. The van der Waals surface area contributed by atoms with E-state index in [2.05, 4.69) is 0 Å². The Kier molecular flexibility index (Phi) is 11.2. The molecule has 0 radical (unpaired) electrons. The molecule has 0 amide bonds. The minimum absolute atomic E-state index is 0.202. The molecule has 2 heterocycles. The third-order valence-corrected chi connectivity index (χ3v) is 11.1. The third kappa shape index (κ3) is 9.37. The maximum Gasteiger partial charge on any atom is 0.311 e. The number of hydrogen-bond acceptors (Lipinski definition) is 8. The molecule has 2 aliphatic rings. The van der Waals surface area contributed by atoms with E-state index in [9.17, 15) is 9.59 Å². The highest BCUT2D eigenvalue weighted by Crippen LogP contribution is 2.40. The third-order valence-electron chi connectivity index (χ3n) is 5.06. The first-order chi connectivity index (χ1) is 14.7. The number of carbonyl (C=O) groups excluding carboxylic acids is 2. The molecular weight excluding hydrogens is 457 g/mol. The normalized spacial score (nSPS) is 20.9. The number of rotatable bonds is 12. The highest BCUT2D eigenvalue weighted by Gasteiger charge is 2.17. The molecule has 1 aromatic rings. The van der Waals surface area contributed by atoms with Crippen LogP contribution in [0.1, 0.15) is 64.2 Å². The first-order valence-corrected chi connectivity index (χ1v) is 15.5. The van der Waals surface area contributed by atoms with Gasteiger partial charge in [-0.3, -0.25) is 9.59 Å². The van der Waals surface area contributed by atoms with Gasteiger partial charge in [-0.2, -0.15) is 0 Å². The molecule has 0 bridgehead atoms. The van der Waals surface area contributed by atoms with Crippen molar-refractivity contribution >= 4 is 55.1 Å². The molecule has 0 saturated carbocycles.